The molecule has 0 spiro atoms. The van der Waals surface area contributed by atoms with E-state index in [1.54, 1.807) is 0 Å². The van der Waals surface area contributed by atoms with Crippen molar-refractivity contribution in [1.82, 2.24) is 9.97 Å². The highest BCUT2D eigenvalue weighted by atomic mass is 15.3. The van der Waals surface area contributed by atoms with E-state index in [0.717, 1.165) is 48.6 Å². The quantitative estimate of drug-likeness (QED) is 0.779. The summed E-state index contributed by atoms with van der Waals surface area (Å²) in [5.41, 5.74) is 8.52. The van der Waals surface area contributed by atoms with Crippen LogP contribution in [0.15, 0.2) is 18.2 Å². The van der Waals surface area contributed by atoms with Crippen molar-refractivity contribution >= 4 is 22.7 Å². The van der Waals surface area contributed by atoms with Crippen molar-refractivity contribution in [2.75, 3.05) is 23.7 Å². The number of H-pyrrole nitrogens is 1. The largest absolute Gasteiger partial charge is 0.399 e. The van der Waals surface area contributed by atoms with Gasteiger partial charge in [-0.05, 0) is 31.0 Å². The maximum Gasteiger partial charge on any atom is 0.203 e. The van der Waals surface area contributed by atoms with Crippen LogP contribution in [0, 0.1) is 0 Å². The number of nitrogens with two attached hydrogens (primary N) is 1. The molecule has 1 heterocycles. The number of imidazole rings is 1. The van der Waals surface area contributed by atoms with Crippen LogP contribution in [-0.2, 0) is 0 Å². The van der Waals surface area contributed by atoms with E-state index >= 15 is 0 Å². The van der Waals surface area contributed by atoms with Crippen LogP contribution in [0.5, 0.6) is 0 Å². The highest BCUT2D eigenvalue weighted by Gasteiger charge is 2.09. The standard InChI is InChI=1S/C13H20N4/c1-3-7-17(8-4-2)13-15-11-6-5-10(14)9-12(11)16-13/h5-6,9H,3-4,7-8,14H2,1-2H3,(H,15,16). The minimum atomic E-state index is 0.769. The first-order valence-corrected chi connectivity index (χ1v) is 6.24. The molecule has 4 heteroatoms. The van der Waals surface area contributed by atoms with E-state index in [1.807, 2.05) is 18.2 Å². The predicted octanol–water partition coefficient (Wildman–Crippen LogP) is 2.77. The highest BCUT2D eigenvalue weighted by molar-refractivity contribution is 5.80. The lowest BCUT2D eigenvalue weighted by Gasteiger charge is -2.19. The summed E-state index contributed by atoms with van der Waals surface area (Å²) < 4.78 is 0. The summed E-state index contributed by atoms with van der Waals surface area (Å²) in [5, 5.41) is 0. The number of rotatable bonds is 5. The van der Waals surface area contributed by atoms with E-state index in [9.17, 15) is 0 Å². The second-order valence-corrected chi connectivity index (χ2v) is 4.32. The van der Waals surface area contributed by atoms with Crippen molar-refractivity contribution in [2.45, 2.75) is 26.7 Å². The molecule has 1 aromatic heterocycles. The van der Waals surface area contributed by atoms with Crippen molar-refractivity contribution in [3.63, 3.8) is 0 Å². The van der Waals surface area contributed by atoms with Crippen LogP contribution in [0.1, 0.15) is 26.7 Å². The third-order valence-corrected chi connectivity index (χ3v) is 2.78. The number of hydrogen-bond donors (Lipinski definition) is 2. The molecule has 92 valence electrons. The number of hydrogen-bond acceptors (Lipinski definition) is 3. The van der Waals surface area contributed by atoms with Crippen LogP contribution < -0.4 is 10.6 Å². The molecule has 17 heavy (non-hydrogen) atoms. The van der Waals surface area contributed by atoms with E-state index < -0.39 is 0 Å². The molecule has 0 unspecified atom stereocenters. The molecule has 0 amide bonds. The smallest absolute Gasteiger partial charge is 0.203 e. The van der Waals surface area contributed by atoms with Gasteiger partial charge in [-0.1, -0.05) is 13.8 Å². The normalized spacial score (nSPS) is 10.9. The van der Waals surface area contributed by atoms with Crippen molar-refractivity contribution < 1.29 is 0 Å². The number of aromatic amines is 1. The average Bonchev–Trinajstić information content (AvgIpc) is 2.71. The number of nitrogens with one attached hydrogen (secondary N) is 1. The zero-order chi connectivity index (χ0) is 12.3. The number of nitrogens with zero attached hydrogens (tertiary/aromatic N) is 2. The van der Waals surface area contributed by atoms with Crippen LogP contribution >= 0.6 is 0 Å². The number of benzene rings is 1. The second-order valence-electron chi connectivity index (χ2n) is 4.32. The Morgan fingerprint density at radius 1 is 1.24 bits per heavy atom. The maximum absolute atomic E-state index is 5.77. The fourth-order valence-electron chi connectivity index (χ4n) is 2.03. The van der Waals surface area contributed by atoms with E-state index in [4.69, 9.17) is 5.73 Å². The third-order valence-electron chi connectivity index (χ3n) is 2.78. The minimum Gasteiger partial charge on any atom is -0.399 e. The van der Waals surface area contributed by atoms with E-state index in [1.165, 1.54) is 0 Å². The molecule has 0 fully saturated rings. The zero-order valence-corrected chi connectivity index (χ0v) is 10.5. The molecule has 0 aliphatic rings. The monoisotopic (exact) mass is 232 g/mol. The summed E-state index contributed by atoms with van der Waals surface area (Å²) in [6.45, 7) is 6.43. The molecular formula is C13H20N4. The van der Waals surface area contributed by atoms with Gasteiger partial charge in [0, 0.05) is 18.8 Å². The molecule has 4 nitrogen and oxygen atoms in total. The van der Waals surface area contributed by atoms with Gasteiger partial charge in [-0.25, -0.2) is 4.98 Å². The maximum atomic E-state index is 5.77. The Morgan fingerprint density at radius 2 is 1.94 bits per heavy atom. The lowest BCUT2D eigenvalue weighted by molar-refractivity contribution is 0.727. The Labute approximate surface area is 102 Å². The SMILES string of the molecule is CCCN(CCC)c1nc2ccc(N)cc2[nH]1. The molecule has 2 rings (SSSR count). The molecule has 0 radical (unpaired) electrons. The molecule has 0 saturated heterocycles. The Balaban J connectivity index is 2.33. The first-order valence-electron chi connectivity index (χ1n) is 6.24. The predicted molar refractivity (Wildman–Crippen MR) is 73.3 cm³/mol. The average molecular weight is 232 g/mol. The third kappa shape index (κ3) is 2.52. The molecular weight excluding hydrogens is 212 g/mol. The van der Waals surface area contributed by atoms with Crippen molar-refractivity contribution in [3.05, 3.63) is 18.2 Å². The van der Waals surface area contributed by atoms with E-state index in [0.29, 0.717) is 0 Å². The molecule has 3 N–H and O–H groups in total. The number of anilines is 2. The van der Waals surface area contributed by atoms with Gasteiger partial charge in [0.05, 0.1) is 11.0 Å². The van der Waals surface area contributed by atoms with Gasteiger partial charge in [0.2, 0.25) is 5.95 Å². The van der Waals surface area contributed by atoms with Gasteiger partial charge in [-0.15, -0.1) is 0 Å². The van der Waals surface area contributed by atoms with Crippen molar-refractivity contribution in [3.8, 4) is 0 Å². The molecule has 0 saturated carbocycles. The Bertz CT molecular complexity index is 483. The highest BCUT2D eigenvalue weighted by Crippen LogP contribution is 2.19. The Morgan fingerprint density at radius 3 is 2.59 bits per heavy atom. The number of fused-ring (bicyclic) bond motifs is 1. The summed E-state index contributed by atoms with van der Waals surface area (Å²) in [7, 11) is 0. The van der Waals surface area contributed by atoms with E-state index in [2.05, 4.69) is 28.7 Å². The van der Waals surface area contributed by atoms with Gasteiger partial charge in [0.1, 0.15) is 0 Å². The van der Waals surface area contributed by atoms with Crippen LogP contribution in [0.3, 0.4) is 0 Å². The minimum absolute atomic E-state index is 0.769. The van der Waals surface area contributed by atoms with Gasteiger partial charge in [-0.3, -0.25) is 0 Å². The van der Waals surface area contributed by atoms with Gasteiger partial charge < -0.3 is 15.6 Å². The summed E-state index contributed by atoms with van der Waals surface area (Å²) >= 11 is 0. The topological polar surface area (TPSA) is 57.9 Å². The molecule has 0 aliphatic heterocycles. The van der Waals surface area contributed by atoms with Gasteiger partial charge in [0.15, 0.2) is 0 Å². The Hall–Kier alpha value is -1.71. The summed E-state index contributed by atoms with van der Waals surface area (Å²) in [6.07, 6.45) is 2.25. The molecule has 1 aromatic carbocycles. The molecule has 2 aromatic rings. The van der Waals surface area contributed by atoms with Gasteiger partial charge in [-0.2, -0.15) is 0 Å². The summed E-state index contributed by atoms with van der Waals surface area (Å²) in [6, 6.07) is 5.78. The fourth-order valence-corrected chi connectivity index (χ4v) is 2.03. The number of aromatic nitrogens is 2. The molecule has 0 aliphatic carbocycles. The molecule has 0 atom stereocenters. The lowest BCUT2D eigenvalue weighted by atomic mass is 10.3. The summed E-state index contributed by atoms with van der Waals surface area (Å²) in [4.78, 5) is 10.2. The fraction of sp³-hybridized carbons (Fsp3) is 0.462. The zero-order valence-electron chi connectivity index (χ0n) is 10.5. The van der Waals surface area contributed by atoms with Crippen LogP contribution in [0.2, 0.25) is 0 Å². The van der Waals surface area contributed by atoms with E-state index in [-0.39, 0.29) is 0 Å². The first-order chi connectivity index (χ1) is 8.24. The van der Waals surface area contributed by atoms with Crippen molar-refractivity contribution in [1.29, 1.82) is 0 Å². The Kier molecular flexibility index (Phi) is 3.52. The number of nitrogen functional groups attached to an aromatic ring is 1. The first kappa shape index (κ1) is 11.8. The lowest BCUT2D eigenvalue weighted by Crippen LogP contribution is -2.25. The van der Waals surface area contributed by atoms with Crippen LogP contribution in [0.4, 0.5) is 11.6 Å². The van der Waals surface area contributed by atoms with Crippen molar-refractivity contribution in [2.24, 2.45) is 0 Å². The van der Waals surface area contributed by atoms with Gasteiger partial charge in [0.25, 0.3) is 0 Å². The van der Waals surface area contributed by atoms with Crippen LogP contribution in [0.25, 0.3) is 11.0 Å². The summed E-state index contributed by atoms with van der Waals surface area (Å²) in [5.74, 6) is 0.953. The molecule has 0 bridgehead atoms. The van der Waals surface area contributed by atoms with Crippen LogP contribution in [-0.4, -0.2) is 23.1 Å². The van der Waals surface area contributed by atoms with Gasteiger partial charge >= 0.3 is 0 Å². The second kappa shape index (κ2) is 5.08.